The summed E-state index contributed by atoms with van der Waals surface area (Å²) in [4.78, 5) is 3.94. The van der Waals surface area contributed by atoms with Gasteiger partial charge >= 0.3 is 0 Å². The smallest absolute Gasteiger partial charge is 0.195 e. The third kappa shape index (κ3) is 2.05. The fraction of sp³-hybridized carbons (Fsp3) is 0.250. The molecular weight excluding hydrogens is 229 g/mol. The number of halogens is 3. The van der Waals surface area contributed by atoms with Gasteiger partial charge in [0.25, 0.3) is 0 Å². The summed E-state index contributed by atoms with van der Waals surface area (Å²) in [6.45, 7) is 2.53. The van der Waals surface area contributed by atoms with Gasteiger partial charge in [0.2, 0.25) is 0 Å². The topological polar surface area (TPSA) is 24.9 Å². The van der Waals surface area contributed by atoms with Crippen molar-refractivity contribution >= 4 is 16.6 Å². The molecular formula is C12H11F3N2. The molecule has 0 aliphatic carbocycles. The van der Waals surface area contributed by atoms with Gasteiger partial charge in [0.1, 0.15) is 5.82 Å². The Hall–Kier alpha value is -1.78. The number of aromatic nitrogens is 1. The monoisotopic (exact) mass is 240 g/mol. The second-order valence-electron chi connectivity index (χ2n) is 3.67. The molecule has 0 radical (unpaired) electrons. The summed E-state index contributed by atoms with van der Waals surface area (Å²) < 4.78 is 39.8. The molecule has 0 atom stereocenters. The first-order chi connectivity index (χ1) is 8.15. The van der Waals surface area contributed by atoms with Crippen LogP contribution in [0.25, 0.3) is 10.8 Å². The van der Waals surface area contributed by atoms with Crippen molar-refractivity contribution in [2.45, 2.75) is 13.3 Å². The average Bonchev–Trinajstić information content (AvgIpc) is 2.33. The van der Waals surface area contributed by atoms with Gasteiger partial charge in [0.15, 0.2) is 17.5 Å². The van der Waals surface area contributed by atoms with E-state index in [2.05, 4.69) is 10.3 Å². The van der Waals surface area contributed by atoms with E-state index in [1.807, 2.05) is 6.92 Å². The summed E-state index contributed by atoms with van der Waals surface area (Å²) in [6, 6.07) is 2.41. The third-order valence-corrected chi connectivity index (χ3v) is 2.43. The van der Waals surface area contributed by atoms with Crippen molar-refractivity contribution in [1.29, 1.82) is 0 Å². The number of hydrogen-bond acceptors (Lipinski definition) is 2. The van der Waals surface area contributed by atoms with E-state index in [0.717, 1.165) is 12.5 Å². The normalized spacial score (nSPS) is 10.8. The molecule has 1 N–H and O–H groups in total. The van der Waals surface area contributed by atoms with Gasteiger partial charge in [0, 0.05) is 12.7 Å². The second kappa shape index (κ2) is 4.61. The van der Waals surface area contributed by atoms with Crippen LogP contribution in [0, 0.1) is 17.5 Å². The van der Waals surface area contributed by atoms with E-state index in [4.69, 9.17) is 0 Å². The Balaban J connectivity index is 2.66. The molecule has 90 valence electrons. The fourth-order valence-electron chi connectivity index (χ4n) is 1.62. The van der Waals surface area contributed by atoms with Crippen LogP contribution in [0.1, 0.15) is 13.3 Å². The van der Waals surface area contributed by atoms with Gasteiger partial charge in [0.05, 0.1) is 5.39 Å². The Morgan fingerprint density at radius 2 is 2.00 bits per heavy atom. The van der Waals surface area contributed by atoms with Crippen LogP contribution in [-0.2, 0) is 0 Å². The highest BCUT2D eigenvalue weighted by molar-refractivity contribution is 5.92. The van der Waals surface area contributed by atoms with Crippen LogP contribution in [-0.4, -0.2) is 11.5 Å². The first-order valence-electron chi connectivity index (χ1n) is 5.31. The summed E-state index contributed by atoms with van der Waals surface area (Å²) in [5.74, 6) is -3.62. The number of rotatable bonds is 3. The minimum atomic E-state index is -1.47. The van der Waals surface area contributed by atoms with E-state index in [9.17, 15) is 13.2 Å². The first-order valence-corrected chi connectivity index (χ1v) is 5.31. The second-order valence-corrected chi connectivity index (χ2v) is 3.67. The van der Waals surface area contributed by atoms with Crippen molar-refractivity contribution in [3.8, 4) is 0 Å². The lowest BCUT2D eigenvalue weighted by molar-refractivity contribution is 0.453. The van der Waals surface area contributed by atoms with Gasteiger partial charge in [-0.15, -0.1) is 0 Å². The maximum Gasteiger partial charge on any atom is 0.195 e. The maximum atomic E-state index is 13.7. The SMILES string of the molecule is CCCNc1nccc2cc(F)c(F)c(F)c12. The summed E-state index contributed by atoms with van der Waals surface area (Å²) in [7, 11) is 0. The van der Waals surface area contributed by atoms with Crippen molar-refractivity contribution in [3.05, 3.63) is 35.8 Å². The lowest BCUT2D eigenvalue weighted by atomic mass is 10.1. The summed E-state index contributed by atoms with van der Waals surface area (Å²) in [5.41, 5.74) is 0. The van der Waals surface area contributed by atoms with E-state index >= 15 is 0 Å². The molecule has 0 aliphatic heterocycles. The Kier molecular flexibility index (Phi) is 3.17. The zero-order valence-corrected chi connectivity index (χ0v) is 9.23. The zero-order valence-electron chi connectivity index (χ0n) is 9.23. The standard InChI is InChI=1S/C12H11F3N2/c1-2-4-16-12-9-7(3-5-17-12)6-8(13)10(14)11(9)15/h3,5-6H,2,4H2,1H3,(H,16,17). The van der Waals surface area contributed by atoms with Crippen molar-refractivity contribution in [3.63, 3.8) is 0 Å². The molecule has 1 aromatic heterocycles. The van der Waals surface area contributed by atoms with Crippen LogP contribution in [0.3, 0.4) is 0 Å². The summed E-state index contributed by atoms with van der Waals surface area (Å²) in [6.07, 6.45) is 2.25. The van der Waals surface area contributed by atoms with Crippen molar-refractivity contribution in [1.82, 2.24) is 4.98 Å². The highest BCUT2D eigenvalue weighted by Gasteiger charge is 2.16. The Morgan fingerprint density at radius 1 is 1.24 bits per heavy atom. The number of nitrogens with zero attached hydrogens (tertiary/aromatic N) is 1. The van der Waals surface area contributed by atoms with Crippen molar-refractivity contribution in [2.75, 3.05) is 11.9 Å². The number of fused-ring (bicyclic) bond motifs is 1. The van der Waals surface area contributed by atoms with Gasteiger partial charge < -0.3 is 5.32 Å². The molecule has 0 spiro atoms. The number of nitrogens with one attached hydrogen (secondary N) is 1. The van der Waals surface area contributed by atoms with E-state index in [0.29, 0.717) is 6.54 Å². The largest absolute Gasteiger partial charge is 0.369 e. The molecule has 2 aromatic rings. The van der Waals surface area contributed by atoms with Crippen LogP contribution in [0.5, 0.6) is 0 Å². The number of hydrogen-bond donors (Lipinski definition) is 1. The van der Waals surface area contributed by atoms with Crippen molar-refractivity contribution < 1.29 is 13.2 Å². The first kappa shape index (κ1) is 11.7. The lowest BCUT2D eigenvalue weighted by Crippen LogP contribution is -2.04. The van der Waals surface area contributed by atoms with E-state index in [1.165, 1.54) is 12.3 Å². The zero-order chi connectivity index (χ0) is 12.4. The number of pyridine rings is 1. The van der Waals surface area contributed by atoms with Gasteiger partial charge in [-0.1, -0.05) is 6.92 Å². The van der Waals surface area contributed by atoms with Crippen LogP contribution < -0.4 is 5.32 Å². The van der Waals surface area contributed by atoms with Crippen LogP contribution in [0.15, 0.2) is 18.3 Å². The molecule has 0 saturated carbocycles. The van der Waals surface area contributed by atoms with Gasteiger partial charge in [-0.3, -0.25) is 0 Å². The predicted octanol–water partition coefficient (Wildman–Crippen LogP) is 3.47. The molecule has 0 unspecified atom stereocenters. The molecule has 2 rings (SSSR count). The Bertz CT molecular complexity index is 555. The third-order valence-electron chi connectivity index (χ3n) is 2.43. The van der Waals surface area contributed by atoms with Crippen LogP contribution >= 0.6 is 0 Å². The summed E-state index contributed by atoms with van der Waals surface area (Å²) >= 11 is 0. The molecule has 1 heterocycles. The van der Waals surface area contributed by atoms with Gasteiger partial charge in [-0.05, 0) is 23.9 Å². The van der Waals surface area contributed by atoms with Crippen LogP contribution in [0.2, 0.25) is 0 Å². The van der Waals surface area contributed by atoms with E-state index in [-0.39, 0.29) is 16.6 Å². The van der Waals surface area contributed by atoms with E-state index in [1.54, 1.807) is 0 Å². The molecule has 17 heavy (non-hydrogen) atoms. The Labute approximate surface area is 96.5 Å². The van der Waals surface area contributed by atoms with Crippen molar-refractivity contribution in [2.24, 2.45) is 0 Å². The molecule has 2 nitrogen and oxygen atoms in total. The van der Waals surface area contributed by atoms with Gasteiger partial charge in [-0.25, -0.2) is 18.2 Å². The lowest BCUT2D eigenvalue weighted by Gasteiger charge is -2.09. The molecule has 0 amide bonds. The number of benzene rings is 1. The molecule has 0 aliphatic rings. The molecule has 1 aromatic carbocycles. The quantitative estimate of drug-likeness (QED) is 0.831. The molecule has 5 heteroatoms. The molecule has 0 bridgehead atoms. The number of anilines is 1. The molecule has 0 saturated heterocycles. The Morgan fingerprint density at radius 3 is 2.71 bits per heavy atom. The molecule has 0 fully saturated rings. The minimum Gasteiger partial charge on any atom is -0.369 e. The van der Waals surface area contributed by atoms with E-state index < -0.39 is 17.5 Å². The van der Waals surface area contributed by atoms with Crippen LogP contribution in [0.4, 0.5) is 19.0 Å². The highest BCUT2D eigenvalue weighted by Crippen LogP contribution is 2.27. The fourth-order valence-corrected chi connectivity index (χ4v) is 1.62. The predicted molar refractivity (Wildman–Crippen MR) is 60.4 cm³/mol. The average molecular weight is 240 g/mol. The minimum absolute atomic E-state index is 0.0140. The maximum absolute atomic E-state index is 13.7. The summed E-state index contributed by atoms with van der Waals surface area (Å²) in [5, 5.41) is 3.16. The highest BCUT2D eigenvalue weighted by atomic mass is 19.2. The van der Waals surface area contributed by atoms with Gasteiger partial charge in [-0.2, -0.15) is 0 Å².